The van der Waals surface area contributed by atoms with Gasteiger partial charge < -0.3 is 5.32 Å². The van der Waals surface area contributed by atoms with E-state index in [-0.39, 0.29) is 0 Å². The van der Waals surface area contributed by atoms with E-state index in [1.807, 2.05) is 0 Å². The van der Waals surface area contributed by atoms with Gasteiger partial charge in [0, 0.05) is 10.7 Å². The van der Waals surface area contributed by atoms with Crippen molar-refractivity contribution < 1.29 is 0 Å². The molecule has 1 nitrogen and oxygen atoms in total. The number of hydrogen-bond donors (Lipinski definition) is 3. The minimum Gasteiger partial charge on any atom is -0.371 e. The molecule has 0 unspecified atom stereocenters. The second kappa shape index (κ2) is 15.1. The first-order valence-corrected chi connectivity index (χ1v) is 9.02. The van der Waals surface area contributed by atoms with E-state index >= 15 is 0 Å². The first kappa shape index (κ1) is 19.7. The van der Waals surface area contributed by atoms with Crippen LogP contribution < -0.4 is 5.32 Å². The van der Waals surface area contributed by atoms with Gasteiger partial charge in [-0.15, -0.1) is 25.3 Å². The van der Waals surface area contributed by atoms with E-state index in [2.05, 4.69) is 30.6 Å². The lowest BCUT2D eigenvalue weighted by Gasteiger charge is -2.04. The molecule has 19 heavy (non-hydrogen) atoms. The van der Waals surface area contributed by atoms with Crippen LogP contribution in [0.15, 0.2) is 0 Å². The summed E-state index contributed by atoms with van der Waals surface area (Å²) in [5.74, 6) is 0. The first-order chi connectivity index (χ1) is 9.13. The van der Waals surface area contributed by atoms with Crippen LogP contribution in [-0.4, -0.2) is 15.1 Å². The van der Waals surface area contributed by atoms with Crippen molar-refractivity contribution in [3.8, 4) is 0 Å². The van der Waals surface area contributed by atoms with Crippen molar-refractivity contribution in [2.24, 2.45) is 0 Å². The van der Waals surface area contributed by atoms with Crippen LogP contribution in [0.3, 0.4) is 0 Å². The van der Waals surface area contributed by atoms with Gasteiger partial charge in [0.2, 0.25) is 0 Å². The lowest BCUT2D eigenvalue weighted by Crippen LogP contribution is -2.17. The standard InChI is InChI=1S/C14H27NS4/c16-13(17)11-9-7-5-3-1-2-4-6-8-10-12-15-14(18)19/h1-12H2,(H,16,17)(H2,15,18,19). The maximum atomic E-state index is 4.94. The van der Waals surface area contributed by atoms with Crippen LogP contribution in [0, 0.1) is 0 Å². The Balaban J connectivity index is 2.99. The van der Waals surface area contributed by atoms with E-state index in [0.717, 1.165) is 17.2 Å². The minimum absolute atomic E-state index is 0.610. The zero-order chi connectivity index (χ0) is 14.3. The van der Waals surface area contributed by atoms with E-state index in [0.29, 0.717) is 4.32 Å². The van der Waals surface area contributed by atoms with Crippen LogP contribution in [0.25, 0.3) is 0 Å². The molecule has 0 aromatic carbocycles. The average Bonchev–Trinajstić information content (AvgIpc) is 2.34. The second-order valence-electron chi connectivity index (χ2n) is 4.91. The fourth-order valence-electron chi connectivity index (χ4n) is 2.01. The molecule has 0 saturated heterocycles. The summed E-state index contributed by atoms with van der Waals surface area (Å²) in [7, 11) is 0. The van der Waals surface area contributed by atoms with Crippen LogP contribution >= 0.6 is 49.7 Å². The Hall–Kier alpha value is 0.680. The zero-order valence-electron chi connectivity index (χ0n) is 11.7. The molecule has 0 aliphatic carbocycles. The quantitative estimate of drug-likeness (QED) is 0.238. The van der Waals surface area contributed by atoms with E-state index in [9.17, 15) is 0 Å². The Morgan fingerprint density at radius 3 is 1.53 bits per heavy atom. The number of nitrogens with one attached hydrogen (secondary N) is 1. The highest BCUT2D eigenvalue weighted by Crippen LogP contribution is 2.11. The number of rotatable bonds is 13. The average molecular weight is 338 g/mol. The summed E-state index contributed by atoms with van der Waals surface area (Å²) in [4.78, 5) is 0. The Kier molecular flexibility index (Phi) is 15.6. The minimum atomic E-state index is 0.610. The molecule has 0 amide bonds. The van der Waals surface area contributed by atoms with Crippen LogP contribution in [0.1, 0.15) is 70.6 Å². The van der Waals surface area contributed by atoms with E-state index in [4.69, 9.17) is 24.4 Å². The molecule has 0 spiro atoms. The molecule has 5 heteroatoms. The summed E-state index contributed by atoms with van der Waals surface area (Å²) in [6.07, 6.45) is 14.2. The Morgan fingerprint density at radius 2 is 1.11 bits per heavy atom. The van der Waals surface area contributed by atoms with Gasteiger partial charge in [-0.3, -0.25) is 0 Å². The maximum absolute atomic E-state index is 4.94. The monoisotopic (exact) mass is 337 g/mol. The van der Waals surface area contributed by atoms with Gasteiger partial charge in [0.05, 0.1) is 0 Å². The van der Waals surface area contributed by atoms with Crippen molar-refractivity contribution in [1.82, 2.24) is 5.32 Å². The molecule has 0 aromatic rings. The van der Waals surface area contributed by atoms with E-state index in [1.54, 1.807) is 0 Å². The first-order valence-electron chi connectivity index (χ1n) is 7.31. The number of hydrogen-bond acceptors (Lipinski definition) is 2. The highest BCUT2D eigenvalue weighted by Gasteiger charge is 1.94. The van der Waals surface area contributed by atoms with Gasteiger partial charge in [-0.2, -0.15) is 0 Å². The van der Waals surface area contributed by atoms with Gasteiger partial charge in [-0.25, -0.2) is 0 Å². The zero-order valence-corrected chi connectivity index (χ0v) is 15.1. The third-order valence-corrected chi connectivity index (χ3v) is 3.82. The molecule has 0 fully saturated rings. The molecule has 0 saturated carbocycles. The lowest BCUT2D eigenvalue weighted by molar-refractivity contribution is 0.553. The Morgan fingerprint density at radius 1 is 0.684 bits per heavy atom. The maximum Gasteiger partial charge on any atom is 0.130 e. The summed E-state index contributed by atoms with van der Waals surface area (Å²) < 4.78 is 1.46. The molecule has 0 aliphatic heterocycles. The van der Waals surface area contributed by atoms with Crippen molar-refractivity contribution in [1.29, 1.82) is 0 Å². The normalized spacial score (nSPS) is 10.4. The molecule has 0 aromatic heterocycles. The van der Waals surface area contributed by atoms with Gasteiger partial charge in [-0.1, -0.05) is 75.8 Å². The summed E-state index contributed by atoms with van der Waals surface area (Å²) in [5, 5.41) is 3.07. The highest BCUT2D eigenvalue weighted by atomic mass is 32.1. The van der Waals surface area contributed by atoms with Crippen LogP contribution in [-0.2, 0) is 0 Å². The fraction of sp³-hybridized carbons (Fsp3) is 0.857. The smallest absolute Gasteiger partial charge is 0.130 e. The van der Waals surface area contributed by atoms with Gasteiger partial charge in [0.1, 0.15) is 4.32 Å². The SMILES string of the molecule is S=C(S)CCCCCCCCCCCCNC(=S)S. The number of thiol groups is 2. The van der Waals surface area contributed by atoms with Crippen LogP contribution in [0.2, 0.25) is 0 Å². The van der Waals surface area contributed by atoms with E-state index < -0.39 is 0 Å². The van der Waals surface area contributed by atoms with Crippen molar-refractivity contribution >= 4 is 58.2 Å². The number of thiocarbonyl (C=S) groups is 2. The van der Waals surface area contributed by atoms with Gasteiger partial charge >= 0.3 is 0 Å². The molecular weight excluding hydrogens is 310 g/mol. The van der Waals surface area contributed by atoms with E-state index in [1.165, 1.54) is 64.2 Å². The van der Waals surface area contributed by atoms with Gasteiger partial charge in [0.25, 0.3) is 0 Å². The second-order valence-corrected chi connectivity index (χ2v) is 7.40. The highest BCUT2D eigenvalue weighted by molar-refractivity contribution is 8.11. The molecule has 0 atom stereocenters. The van der Waals surface area contributed by atoms with Crippen molar-refractivity contribution in [3.05, 3.63) is 0 Å². The summed E-state index contributed by atoms with van der Waals surface area (Å²) in [6, 6.07) is 0. The Labute approximate surface area is 140 Å². The third-order valence-electron chi connectivity index (χ3n) is 3.09. The largest absolute Gasteiger partial charge is 0.371 e. The van der Waals surface area contributed by atoms with Crippen LogP contribution in [0.5, 0.6) is 0 Å². The van der Waals surface area contributed by atoms with Crippen LogP contribution in [0.4, 0.5) is 0 Å². The molecule has 112 valence electrons. The van der Waals surface area contributed by atoms with Crippen molar-refractivity contribution in [3.63, 3.8) is 0 Å². The molecule has 0 rings (SSSR count). The molecule has 0 radical (unpaired) electrons. The van der Waals surface area contributed by atoms with Gasteiger partial charge in [0.15, 0.2) is 0 Å². The number of unbranched alkanes of at least 4 members (excludes halogenated alkanes) is 9. The topological polar surface area (TPSA) is 12.0 Å². The summed E-state index contributed by atoms with van der Waals surface area (Å²) in [5.41, 5.74) is 0. The van der Waals surface area contributed by atoms with Crippen molar-refractivity contribution in [2.45, 2.75) is 70.6 Å². The lowest BCUT2D eigenvalue weighted by atomic mass is 10.1. The summed E-state index contributed by atoms with van der Waals surface area (Å²) >= 11 is 17.9. The predicted octanol–water partition coefficient (Wildman–Crippen LogP) is 5.34. The van der Waals surface area contributed by atoms with Crippen molar-refractivity contribution in [2.75, 3.05) is 6.54 Å². The predicted molar refractivity (Wildman–Crippen MR) is 102 cm³/mol. The summed E-state index contributed by atoms with van der Waals surface area (Å²) in [6.45, 7) is 0.968. The van der Waals surface area contributed by atoms with Gasteiger partial charge in [-0.05, 0) is 19.3 Å². The molecule has 0 bridgehead atoms. The molecular formula is C14H27NS4. The Bertz CT molecular complexity index is 220. The molecule has 0 aliphatic rings. The molecule has 0 heterocycles. The third kappa shape index (κ3) is 18.7. The molecule has 1 N–H and O–H groups in total. The fourth-order valence-corrected chi connectivity index (χ4v) is 2.53.